The van der Waals surface area contributed by atoms with Crippen LogP contribution in [0.5, 0.6) is 0 Å². The number of methoxy groups -OCH3 is 1. The number of ether oxygens (including phenoxy) is 2. The van der Waals surface area contributed by atoms with Crippen LogP contribution in [0.15, 0.2) is 30.1 Å². The molecule has 0 atom stereocenters. The second-order valence-electron chi connectivity index (χ2n) is 4.93. The maximum absolute atomic E-state index is 11.7. The number of carbonyl (C=O) groups is 2. The van der Waals surface area contributed by atoms with Crippen LogP contribution in [0, 0.1) is 0 Å². The van der Waals surface area contributed by atoms with Crippen LogP contribution < -0.4 is 5.32 Å². The fourth-order valence-corrected chi connectivity index (χ4v) is 1.28. The van der Waals surface area contributed by atoms with Crippen molar-refractivity contribution in [1.29, 1.82) is 0 Å². The smallest absolute Gasteiger partial charge is 0.412 e. The zero-order valence-corrected chi connectivity index (χ0v) is 12.0. The Morgan fingerprint density at radius 1 is 1.30 bits per heavy atom. The number of nitrogens with one attached hydrogen (secondary N) is 1. The minimum atomic E-state index is -0.731. The minimum Gasteiger partial charge on any atom is -0.464 e. The molecule has 6 nitrogen and oxygen atoms in total. The molecule has 0 aliphatic rings. The second kappa shape index (κ2) is 6.70. The Bertz CT molecular complexity index is 504. The van der Waals surface area contributed by atoms with Gasteiger partial charge in [0.2, 0.25) is 0 Å². The summed E-state index contributed by atoms with van der Waals surface area (Å²) >= 11 is 0. The summed E-state index contributed by atoms with van der Waals surface area (Å²) < 4.78 is 9.69. The van der Waals surface area contributed by atoms with E-state index in [1.165, 1.54) is 13.2 Å². The average Bonchev–Trinajstić information content (AvgIpc) is 2.36. The zero-order valence-electron chi connectivity index (χ0n) is 12.0. The van der Waals surface area contributed by atoms with Crippen molar-refractivity contribution in [2.45, 2.75) is 26.4 Å². The van der Waals surface area contributed by atoms with Gasteiger partial charge in [-0.3, -0.25) is 10.3 Å². The molecule has 6 heteroatoms. The molecule has 1 aromatic rings. The van der Waals surface area contributed by atoms with Crippen molar-refractivity contribution in [2.24, 2.45) is 0 Å². The lowest BCUT2D eigenvalue weighted by Gasteiger charge is -2.20. The molecule has 1 amide bonds. The van der Waals surface area contributed by atoms with E-state index in [9.17, 15) is 9.59 Å². The number of nitrogens with zero attached hydrogens (tertiary/aromatic N) is 1. The Morgan fingerprint density at radius 3 is 2.50 bits per heavy atom. The first-order valence-electron chi connectivity index (χ1n) is 6.03. The molecule has 1 heterocycles. The molecule has 0 spiro atoms. The van der Waals surface area contributed by atoms with Crippen molar-refractivity contribution in [2.75, 3.05) is 7.11 Å². The summed E-state index contributed by atoms with van der Waals surface area (Å²) in [6.07, 6.45) is 2.26. The molecule has 0 aliphatic carbocycles. The van der Waals surface area contributed by atoms with Gasteiger partial charge in [0.15, 0.2) is 0 Å². The monoisotopic (exact) mass is 278 g/mol. The third-order valence-corrected chi connectivity index (χ3v) is 2.02. The summed E-state index contributed by atoms with van der Waals surface area (Å²) in [7, 11) is 1.23. The summed E-state index contributed by atoms with van der Waals surface area (Å²) in [6, 6.07) is 5.21. The lowest BCUT2D eigenvalue weighted by molar-refractivity contribution is -0.136. The Morgan fingerprint density at radius 2 is 2.00 bits per heavy atom. The van der Waals surface area contributed by atoms with E-state index in [-0.39, 0.29) is 5.70 Å². The highest BCUT2D eigenvalue weighted by atomic mass is 16.6. The fraction of sp³-hybridized carbons (Fsp3) is 0.357. The van der Waals surface area contributed by atoms with Gasteiger partial charge >= 0.3 is 12.1 Å². The SMILES string of the molecule is COC(=O)/C(=C/c1ccccn1)NC(=O)OC(C)(C)C. The fourth-order valence-electron chi connectivity index (χ4n) is 1.28. The number of pyridine rings is 1. The van der Waals surface area contributed by atoms with E-state index >= 15 is 0 Å². The molecule has 0 unspecified atom stereocenters. The van der Waals surface area contributed by atoms with Crippen molar-refractivity contribution in [3.8, 4) is 0 Å². The number of amides is 1. The molecule has 1 rings (SSSR count). The number of alkyl carbamates (subject to hydrolysis) is 1. The molecule has 0 saturated carbocycles. The third-order valence-electron chi connectivity index (χ3n) is 2.02. The summed E-state index contributed by atoms with van der Waals surface area (Å²) in [4.78, 5) is 27.3. The van der Waals surface area contributed by atoms with Gasteiger partial charge in [-0.05, 0) is 39.0 Å². The standard InChI is InChI=1S/C14H18N2O4/c1-14(2,3)20-13(18)16-11(12(17)19-4)9-10-7-5-6-8-15-10/h5-9H,1-4H3,(H,16,18)/b11-9-. The highest BCUT2D eigenvalue weighted by Gasteiger charge is 2.20. The van der Waals surface area contributed by atoms with Gasteiger partial charge in [-0.25, -0.2) is 9.59 Å². The lowest BCUT2D eigenvalue weighted by atomic mass is 10.2. The first-order chi connectivity index (χ1) is 9.31. The highest BCUT2D eigenvalue weighted by Crippen LogP contribution is 2.09. The largest absolute Gasteiger partial charge is 0.464 e. The van der Waals surface area contributed by atoms with Crippen LogP contribution in [-0.4, -0.2) is 29.8 Å². The molecule has 1 N–H and O–H groups in total. The number of carbonyl (C=O) groups excluding carboxylic acids is 2. The van der Waals surface area contributed by atoms with Crippen LogP contribution >= 0.6 is 0 Å². The van der Waals surface area contributed by atoms with Crippen LogP contribution in [0.4, 0.5) is 4.79 Å². The molecule has 1 aromatic heterocycles. The topological polar surface area (TPSA) is 77.5 Å². The average molecular weight is 278 g/mol. The van der Waals surface area contributed by atoms with E-state index in [1.54, 1.807) is 45.2 Å². The first-order valence-corrected chi connectivity index (χ1v) is 6.03. The van der Waals surface area contributed by atoms with Crippen LogP contribution in [0.25, 0.3) is 6.08 Å². The number of hydrogen-bond donors (Lipinski definition) is 1. The van der Waals surface area contributed by atoms with E-state index in [4.69, 9.17) is 4.74 Å². The summed E-state index contributed by atoms with van der Waals surface area (Å²) in [5, 5.41) is 2.36. The van der Waals surface area contributed by atoms with Crippen LogP contribution in [0.2, 0.25) is 0 Å². The third kappa shape index (κ3) is 5.51. The van der Waals surface area contributed by atoms with Gasteiger partial charge in [0.05, 0.1) is 12.8 Å². The van der Waals surface area contributed by atoms with E-state index in [0.29, 0.717) is 5.69 Å². The van der Waals surface area contributed by atoms with E-state index in [0.717, 1.165) is 0 Å². The minimum absolute atomic E-state index is 0.0412. The predicted molar refractivity (Wildman–Crippen MR) is 73.6 cm³/mol. The molecular weight excluding hydrogens is 260 g/mol. The van der Waals surface area contributed by atoms with Crippen LogP contribution in [0.3, 0.4) is 0 Å². The summed E-state index contributed by atoms with van der Waals surface area (Å²) in [5.41, 5.74) is -0.180. The van der Waals surface area contributed by atoms with Crippen LogP contribution in [0.1, 0.15) is 26.5 Å². The van der Waals surface area contributed by atoms with Gasteiger partial charge in [-0.15, -0.1) is 0 Å². The molecule has 0 aromatic carbocycles. The molecule has 108 valence electrons. The second-order valence-corrected chi connectivity index (χ2v) is 4.93. The Balaban J connectivity index is 2.89. The molecule has 0 aliphatic heterocycles. The van der Waals surface area contributed by atoms with Gasteiger partial charge in [-0.2, -0.15) is 0 Å². The number of aromatic nitrogens is 1. The number of hydrogen-bond acceptors (Lipinski definition) is 5. The molecule has 0 fully saturated rings. The Hall–Kier alpha value is -2.37. The molecule has 0 saturated heterocycles. The van der Waals surface area contributed by atoms with E-state index in [2.05, 4.69) is 15.0 Å². The van der Waals surface area contributed by atoms with Gasteiger partial charge in [0, 0.05) is 6.20 Å². The highest BCUT2D eigenvalue weighted by molar-refractivity contribution is 5.96. The van der Waals surface area contributed by atoms with Crippen molar-refractivity contribution in [3.63, 3.8) is 0 Å². The van der Waals surface area contributed by atoms with E-state index < -0.39 is 17.7 Å². The first kappa shape index (κ1) is 15.7. The van der Waals surface area contributed by atoms with Gasteiger partial charge < -0.3 is 9.47 Å². The van der Waals surface area contributed by atoms with Gasteiger partial charge in [0.25, 0.3) is 0 Å². The van der Waals surface area contributed by atoms with Crippen molar-refractivity contribution < 1.29 is 19.1 Å². The Labute approximate surface area is 117 Å². The molecular formula is C14H18N2O4. The number of rotatable bonds is 3. The quantitative estimate of drug-likeness (QED) is 0.677. The molecule has 0 bridgehead atoms. The summed E-state index contributed by atoms with van der Waals surface area (Å²) in [6.45, 7) is 5.19. The lowest BCUT2D eigenvalue weighted by Crippen LogP contribution is -2.34. The van der Waals surface area contributed by atoms with Crippen molar-refractivity contribution in [3.05, 3.63) is 35.8 Å². The van der Waals surface area contributed by atoms with Gasteiger partial charge in [0.1, 0.15) is 11.3 Å². The van der Waals surface area contributed by atoms with Gasteiger partial charge in [-0.1, -0.05) is 6.07 Å². The molecule has 20 heavy (non-hydrogen) atoms. The zero-order chi connectivity index (χ0) is 15.2. The maximum atomic E-state index is 11.7. The Kier molecular flexibility index (Phi) is 5.25. The maximum Gasteiger partial charge on any atom is 0.412 e. The van der Waals surface area contributed by atoms with Crippen molar-refractivity contribution >= 4 is 18.1 Å². The van der Waals surface area contributed by atoms with Crippen molar-refractivity contribution in [1.82, 2.24) is 10.3 Å². The van der Waals surface area contributed by atoms with Crippen LogP contribution in [-0.2, 0) is 14.3 Å². The van der Waals surface area contributed by atoms with E-state index in [1.807, 2.05) is 0 Å². The molecule has 0 radical (unpaired) electrons. The summed E-state index contributed by atoms with van der Waals surface area (Å²) in [5.74, 6) is -0.679. The number of esters is 1. The predicted octanol–water partition coefficient (Wildman–Crippen LogP) is 2.12. The normalized spacial score (nSPS) is 11.7.